The van der Waals surface area contributed by atoms with Crippen LogP contribution in [0.2, 0.25) is 0 Å². The van der Waals surface area contributed by atoms with Crippen molar-refractivity contribution in [2.75, 3.05) is 67.2 Å². The first kappa shape index (κ1) is 103. The number of methoxy groups -OCH3 is 1. The van der Waals surface area contributed by atoms with E-state index in [4.69, 9.17) is 37.8 Å². The normalized spacial score (nSPS) is 19.0. The molecule has 14 aromatic rings. The number of nitrogens with zero attached hydrogens (tertiary/aromatic N) is 20. The van der Waals surface area contributed by atoms with E-state index >= 15 is 0 Å². The SMILES string of the molecule is CN1CC[C@@](O)(C#Cc2cccc(-n3nc(C(N)=O)c4c3CS(=O)(=O)CC4)c2)C1=O.CN1CC[C@@](O)(C#Cc2ccnc(-n3nc(C(N)=O)c4c3CCC(C)(C)C4)c2)C1=O.CN1CC[C@@](O)(C#Cc2ccnc(-n3nc(C(N)=O)c4cc(Br)ccc43)c2)C1=O.COc1ccc2c(c1)c(C(N)=O)nn2-c1cc(C#C[C@]2(O)CCN(C)C2=O)ccn1.Cc1nnc([C@](C)(O)C#Cc2cccc(-n3nc(C(N)=O)c4cccnc43)c2)o1. The molecule has 20 rings (SSSR count). The number of aryl methyl sites for hydroxylation is 1. The molecule has 15 heterocycles. The van der Waals surface area contributed by atoms with Crippen LogP contribution in [0.15, 0.2) is 167 Å². The molecule has 15 N–H and O–H groups in total. The summed E-state index contributed by atoms with van der Waals surface area (Å²) in [4.78, 5) is 131. The van der Waals surface area contributed by atoms with Gasteiger partial charge in [0.15, 0.2) is 61.4 Å². The maximum Gasteiger partial charge on any atom is 0.269 e. The van der Waals surface area contributed by atoms with Gasteiger partial charge in [-0.1, -0.05) is 101 Å². The highest BCUT2D eigenvalue weighted by molar-refractivity contribution is 9.10. The Labute approximate surface area is 852 Å². The molecule has 148 heavy (non-hydrogen) atoms. The van der Waals surface area contributed by atoms with Crippen LogP contribution >= 0.6 is 15.9 Å². The van der Waals surface area contributed by atoms with Gasteiger partial charge in [0.25, 0.3) is 59.1 Å². The van der Waals surface area contributed by atoms with E-state index in [1.165, 1.54) is 58.6 Å². The fourth-order valence-electron chi connectivity index (χ4n) is 17.1. The van der Waals surface area contributed by atoms with Gasteiger partial charge in [0, 0.05) is 166 Å². The zero-order valence-corrected chi connectivity index (χ0v) is 83.5. The Morgan fingerprint density at radius 2 is 0.878 bits per heavy atom. The number of benzene rings is 4. The summed E-state index contributed by atoms with van der Waals surface area (Å²) in [5.41, 5.74) is 28.3. The number of halogens is 1. The second-order valence-electron chi connectivity index (χ2n) is 36.7. The summed E-state index contributed by atoms with van der Waals surface area (Å²) in [6.07, 6.45) is 9.92. The largest absolute Gasteiger partial charge is 0.497 e. The number of nitrogens with two attached hydrogens (primary N) is 5. The first-order valence-corrected chi connectivity index (χ1v) is 48.5. The number of hydrogen-bond acceptors (Lipinski definition) is 29. The lowest BCUT2D eigenvalue weighted by atomic mass is 9.76. The van der Waals surface area contributed by atoms with Crippen LogP contribution in [0.5, 0.6) is 5.75 Å². The molecule has 45 heteroatoms. The average Bonchev–Trinajstić information content (AvgIpc) is 1.62. The van der Waals surface area contributed by atoms with Gasteiger partial charge in [0.2, 0.25) is 33.9 Å². The number of carbonyl (C=O) groups is 9. The molecule has 5 atom stereocenters. The minimum atomic E-state index is -3.31. The Kier molecular flexibility index (Phi) is 28.6. The summed E-state index contributed by atoms with van der Waals surface area (Å²) in [7, 11) is 4.73. The van der Waals surface area contributed by atoms with Gasteiger partial charge >= 0.3 is 0 Å². The van der Waals surface area contributed by atoms with Gasteiger partial charge in [0.05, 0.1) is 57.8 Å². The Bertz CT molecular complexity index is 8330. The number of primary amides is 5. The molecule has 9 amide bonds. The number of sulfone groups is 1. The molecule has 43 nitrogen and oxygen atoms in total. The average molecular weight is 2080 g/mol. The molecule has 4 fully saturated rings. The highest BCUT2D eigenvalue weighted by Gasteiger charge is 2.46. The summed E-state index contributed by atoms with van der Waals surface area (Å²) in [5.74, 6) is 24.9. The van der Waals surface area contributed by atoms with Crippen LogP contribution in [-0.2, 0) is 59.6 Å². The minimum Gasteiger partial charge on any atom is -0.497 e. The number of aromatic nitrogens is 16. The van der Waals surface area contributed by atoms with Crippen molar-refractivity contribution in [3.8, 4) is 93.8 Å². The maximum atomic E-state index is 12.1. The predicted molar refractivity (Wildman–Crippen MR) is 537 cm³/mol. The number of amides is 9. The maximum absolute atomic E-state index is 12.1. The van der Waals surface area contributed by atoms with E-state index in [0.717, 1.165) is 35.0 Å². The lowest BCUT2D eigenvalue weighted by molar-refractivity contribution is -0.138. The van der Waals surface area contributed by atoms with E-state index in [1.807, 2.05) is 6.07 Å². The molecule has 6 aliphatic rings. The van der Waals surface area contributed by atoms with E-state index in [1.54, 1.807) is 186 Å². The number of likely N-dealkylation sites (N-methyl/N-ethyl adjacent to an activating group) is 4. The Balaban J connectivity index is 0.000000132. The second-order valence-corrected chi connectivity index (χ2v) is 39.8. The van der Waals surface area contributed by atoms with Crippen LogP contribution in [0, 0.1) is 71.5 Å². The molecule has 0 radical (unpaired) electrons. The van der Waals surface area contributed by atoms with Crippen LogP contribution in [0.4, 0.5) is 0 Å². The summed E-state index contributed by atoms with van der Waals surface area (Å²) >= 11 is 3.38. The van der Waals surface area contributed by atoms with Gasteiger partial charge in [-0.15, -0.1) is 10.2 Å². The number of ether oxygens (including phenoxy) is 1. The smallest absolute Gasteiger partial charge is 0.269 e. The first-order valence-electron chi connectivity index (χ1n) is 45.9. The number of carbonyl (C=O) groups excluding carboxylic acids is 9. The van der Waals surface area contributed by atoms with Gasteiger partial charge in [-0.2, -0.15) is 25.5 Å². The number of hydrogen-bond donors (Lipinski definition) is 10. The standard InChI is InChI=1S/C22H25N5O3.C21H19N5O4.C20H16BrN5O3.C20H16N6O3.C20H20N4O5S/c1-21(2)7-5-16-15(13-21)18(19(23)28)25-27(16)17-12-14(6-10-24-17)4-8-22(30)9-11-26(3)20(22)29;1-25-10-8-21(29,20(25)28)7-5-13-6-9-23-17(11-13)26-16-4-3-14(30-2)12-15(16)18(24-26)19(22)27;1-25-9-7-20(29,19(25)28)6-4-12-5-8-23-16(10-12)26-15-3-2-13(21)11-14(15)17(24-26)18(22)27;1-12-23-24-19(29-12)20(2,28)9-8-13-5-3-6-14(11-13)26-18-15(7-4-10-22-18)16(25-26)17(21)27;1-23-9-8-20(27,19(23)26)7-5-13-3-2-4-14(11-13)24-16-12-30(28,29)10-6-15(16)17(22-24)18(21)25/h6,10,12,30H,5,7,9,11,13H2,1-3H3,(H2,23,28);3-4,6,9,11-12,29H,8,10H2,1-2H3,(H2,22,27);2-3,5,8,10-11,29H,7,9H2,1H3,(H2,22,27);3-7,10-11,28H,1-2H3,(H2,21,27);2-4,11,27H,6,8-10,12H2,1H3,(H2,21,25)/t22-;21-;3*20-/m00010/s1. The first-order chi connectivity index (χ1) is 70.1. The predicted octanol–water partition coefficient (Wildman–Crippen LogP) is 3.38. The van der Waals surface area contributed by atoms with Gasteiger partial charge in [0.1, 0.15) is 5.75 Å². The summed E-state index contributed by atoms with van der Waals surface area (Å²) in [5, 5.41) is 83.3. The van der Waals surface area contributed by atoms with Crippen molar-refractivity contribution >= 4 is 112 Å². The number of pyridine rings is 4. The molecule has 10 aromatic heterocycles. The quantitative estimate of drug-likeness (QED) is 0.0784. The highest BCUT2D eigenvalue weighted by Crippen LogP contribution is 2.39. The van der Waals surface area contributed by atoms with E-state index in [2.05, 4.69) is 145 Å². The Hall–Kier alpha value is -17.5. The van der Waals surface area contributed by atoms with Crippen LogP contribution in [0.25, 0.3) is 61.7 Å². The van der Waals surface area contributed by atoms with E-state index in [0.29, 0.717) is 139 Å². The lowest BCUT2D eigenvalue weighted by Gasteiger charge is -2.29. The van der Waals surface area contributed by atoms with E-state index in [9.17, 15) is 77.1 Å². The van der Waals surface area contributed by atoms with Crippen LogP contribution < -0.4 is 33.4 Å². The van der Waals surface area contributed by atoms with Crippen LogP contribution in [0.1, 0.15) is 167 Å². The molecule has 0 unspecified atom stereocenters. The highest BCUT2D eigenvalue weighted by atomic mass is 79.9. The van der Waals surface area contributed by atoms with Crippen molar-refractivity contribution in [1.82, 2.24) is 98.6 Å². The molecule has 0 bridgehead atoms. The van der Waals surface area contributed by atoms with Crippen molar-refractivity contribution in [3.63, 3.8) is 0 Å². The molecular formula is C103H96BrN25O18S. The third-order valence-corrected chi connectivity index (χ3v) is 27.2. The number of rotatable bonds is 12. The van der Waals surface area contributed by atoms with Crippen molar-refractivity contribution in [1.29, 1.82) is 0 Å². The fourth-order valence-corrected chi connectivity index (χ4v) is 18.8. The molecule has 4 saturated heterocycles. The zero-order valence-electron chi connectivity index (χ0n) is 81.1. The van der Waals surface area contributed by atoms with Gasteiger partial charge in [-0.25, -0.2) is 51.8 Å². The Morgan fingerprint density at radius 3 is 1.33 bits per heavy atom. The van der Waals surface area contributed by atoms with E-state index in [-0.39, 0.29) is 89.3 Å². The molecule has 5 aliphatic heterocycles. The van der Waals surface area contributed by atoms with Gasteiger partial charge < -0.3 is 83.0 Å². The van der Waals surface area contributed by atoms with E-state index < -0.39 is 85.1 Å². The third kappa shape index (κ3) is 21.7. The van der Waals surface area contributed by atoms with Gasteiger partial charge in [-0.3, -0.25) is 43.2 Å². The topological polar surface area (TPSA) is 621 Å². The molecule has 0 saturated carbocycles. The van der Waals surface area contributed by atoms with Crippen LogP contribution in [-0.4, -0.2) is 275 Å². The van der Waals surface area contributed by atoms with Crippen molar-refractivity contribution in [3.05, 3.63) is 253 Å². The van der Waals surface area contributed by atoms with Crippen molar-refractivity contribution < 1.29 is 86.3 Å². The van der Waals surface area contributed by atoms with Gasteiger partial charge in [-0.05, 0) is 159 Å². The number of fused-ring (bicyclic) bond motifs is 5. The molecule has 4 aromatic carbocycles. The summed E-state index contributed by atoms with van der Waals surface area (Å²) in [6.45, 7) is 9.23. The third-order valence-electron chi connectivity index (χ3n) is 25.2. The second kappa shape index (κ2) is 41.0. The monoisotopic (exact) mass is 2080 g/mol. The molecular weight excluding hydrogens is 1990 g/mol. The van der Waals surface area contributed by atoms with Crippen molar-refractivity contribution in [2.45, 2.75) is 113 Å². The molecule has 754 valence electrons. The Morgan fingerprint density at radius 1 is 0.459 bits per heavy atom. The molecule has 0 spiro atoms. The fraction of sp³-hybridized carbons (Fsp3) is 0.282. The summed E-state index contributed by atoms with van der Waals surface area (Å²) < 4.78 is 43.2. The van der Waals surface area contributed by atoms with Crippen molar-refractivity contribution in [2.24, 2.45) is 34.1 Å². The zero-order chi connectivity index (χ0) is 106. The summed E-state index contributed by atoms with van der Waals surface area (Å²) in [6, 6.07) is 38.0. The minimum absolute atomic E-state index is 0.0204. The lowest BCUT2D eigenvalue weighted by Crippen LogP contribution is -2.37. The van der Waals surface area contributed by atoms with Crippen LogP contribution in [0.3, 0.4) is 0 Å². The number of aliphatic hydroxyl groups is 5. The molecule has 1 aliphatic carbocycles. The number of likely N-dealkylation sites (tertiary alicyclic amines) is 4.